The average Bonchev–Trinajstić information content (AvgIpc) is 2.66. The number of fused-ring (bicyclic) bond motifs is 1. The van der Waals surface area contributed by atoms with Gasteiger partial charge < -0.3 is 10.1 Å². The highest BCUT2D eigenvalue weighted by Crippen LogP contribution is 2.03. The lowest BCUT2D eigenvalue weighted by molar-refractivity contribution is 0.158. The van der Waals surface area contributed by atoms with Crippen LogP contribution < -0.4 is 11.0 Å². The number of aromatic nitrogens is 4. The molecule has 7 heteroatoms. The van der Waals surface area contributed by atoms with Gasteiger partial charge in [0, 0.05) is 19.2 Å². The van der Waals surface area contributed by atoms with E-state index in [1.54, 1.807) is 6.07 Å². The van der Waals surface area contributed by atoms with Crippen LogP contribution >= 0.6 is 0 Å². The largest absolute Gasteiger partial charge is 0.380 e. The van der Waals surface area contributed by atoms with Crippen LogP contribution in [0.25, 0.3) is 5.65 Å². The van der Waals surface area contributed by atoms with Crippen LogP contribution in [0.4, 0.5) is 5.82 Å². The van der Waals surface area contributed by atoms with Crippen LogP contribution in [0.15, 0.2) is 17.2 Å². The molecule has 2 aromatic rings. The zero-order chi connectivity index (χ0) is 11.4. The highest BCUT2D eigenvalue weighted by atomic mass is 16.5. The highest BCUT2D eigenvalue weighted by Gasteiger charge is 2.01. The second kappa shape index (κ2) is 4.75. The summed E-state index contributed by atoms with van der Waals surface area (Å²) in [7, 11) is 0. The van der Waals surface area contributed by atoms with Gasteiger partial charge in [0.05, 0.1) is 6.61 Å². The third-order valence-electron chi connectivity index (χ3n) is 2.07. The number of rotatable bonds is 5. The fourth-order valence-electron chi connectivity index (χ4n) is 1.30. The van der Waals surface area contributed by atoms with E-state index in [9.17, 15) is 4.79 Å². The first kappa shape index (κ1) is 10.6. The van der Waals surface area contributed by atoms with Crippen molar-refractivity contribution < 1.29 is 4.74 Å². The van der Waals surface area contributed by atoms with Crippen LogP contribution in [-0.4, -0.2) is 39.3 Å². The lowest BCUT2D eigenvalue weighted by atomic mass is 10.5. The lowest BCUT2D eigenvalue weighted by Gasteiger charge is -2.04. The van der Waals surface area contributed by atoms with E-state index >= 15 is 0 Å². The Labute approximate surface area is 91.5 Å². The van der Waals surface area contributed by atoms with Gasteiger partial charge in [-0.1, -0.05) is 0 Å². The summed E-state index contributed by atoms with van der Waals surface area (Å²) in [6, 6.07) is 1.70. The third-order valence-corrected chi connectivity index (χ3v) is 2.07. The Morgan fingerprint density at radius 2 is 2.50 bits per heavy atom. The van der Waals surface area contributed by atoms with Crippen molar-refractivity contribution in [2.24, 2.45) is 0 Å². The maximum absolute atomic E-state index is 11.2. The molecular formula is C9H13N5O2. The maximum atomic E-state index is 11.2. The van der Waals surface area contributed by atoms with Gasteiger partial charge in [-0.3, -0.25) is 0 Å². The van der Waals surface area contributed by atoms with Gasteiger partial charge in [-0.2, -0.15) is 5.10 Å². The minimum Gasteiger partial charge on any atom is -0.380 e. The summed E-state index contributed by atoms with van der Waals surface area (Å²) in [5, 5.41) is 9.26. The average molecular weight is 223 g/mol. The second-order valence-electron chi connectivity index (χ2n) is 3.15. The van der Waals surface area contributed by atoms with Crippen LogP contribution in [0.1, 0.15) is 6.92 Å². The molecule has 0 amide bonds. The normalized spacial score (nSPS) is 10.8. The molecule has 2 heterocycles. The SMILES string of the molecule is CCOCCNc1cc2n[nH]c(=O)n2cn1. The van der Waals surface area contributed by atoms with E-state index in [0.29, 0.717) is 31.2 Å². The molecule has 0 aliphatic carbocycles. The summed E-state index contributed by atoms with van der Waals surface area (Å²) in [4.78, 5) is 15.2. The smallest absolute Gasteiger partial charge is 0.348 e. The van der Waals surface area contributed by atoms with Crippen LogP contribution in [0.2, 0.25) is 0 Å². The first-order valence-corrected chi connectivity index (χ1v) is 5.05. The first-order chi connectivity index (χ1) is 7.81. The van der Waals surface area contributed by atoms with E-state index in [-0.39, 0.29) is 5.69 Å². The zero-order valence-electron chi connectivity index (χ0n) is 8.93. The summed E-state index contributed by atoms with van der Waals surface area (Å²) in [5.74, 6) is 0.672. The first-order valence-electron chi connectivity index (χ1n) is 5.05. The van der Waals surface area contributed by atoms with Crippen molar-refractivity contribution in [2.45, 2.75) is 6.92 Å². The number of nitrogens with one attached hydrogen (secondary N) is 2. The molecule has 2 N–H and O–H groups in total. The molecule has 0 atom stereocenters. The number of hydrogen-bond acceptors (Lipinski definition) is 5. The third kappa shape index (κ3) is 2.19. The molecule has 0 spiro atoms. The number of H-pyrrole nitrogens is 1. The summed E-state index contributed by atoms with van der Waals surface area (Å²) in [6.07, 6.45) is 1.43. The van der Waals surface area contributed by atoms with Gasteiger partial charge in [0.1, 0.15) is 12.1 Å². The van der Waals surface area contributed by atoms with Crippen molar-refractivity contribution in [3.63, 3.8) is 0 Å². The maximum Gasteiger partial charge on any atom is 0.348 e. The van der Waals surface area contributed by atoms with E-state index in [1.807, 2.05) is 6.92 Å². The van der Waals surface area contributed by atoms with E-state index in [1.165, 1.54) is 10.7 Å². The van der Waals surface area contributed by atoms with Crippen molar-refractivity contribution >= 4 is 11.5 Å². The molecule has 0 aliphatic heterocycles. The standard InChI is InChI=1S/C9H13N5O2/c1-2-16-4-3-10-7-5-8-12-13-9(15)14(8)6-11-7/h5-6,10H,2-4H2,1H3,(H,13,15). The predicted molar refractivity (Wildman–Crippen MR) is 58.6 cm³/mol. The molecule has 2 rings (SSSR count). The van der Waals surface area contributed by atoms with Crippen molar-refractivity contribution in [3.05, 3.63) is 22.9 Å². The fourth-order valence-corrected chi connectivity index (χ4v) is 1.30. The Bertz CT molecular complexity index is 518. The number of aromatic amines is 1. The molecule has 0 unspecified atom stereocenters. The Balaban J connectivity index is 2.05. The Morgan fingerprint density at radius 3 is 3.31 bits per heavy atom. The zero-order valence-corrected chi connectivity index (χ0v) is 8.93. The predicted octanol–water partition coefficient (Wildman–Crippen LogP) is -0.134. The molecule has 0 aromatic carbocycles. The quantitative estimate of drug-likeness (QED) is 0.689. The van der Waals surface area contributed by atoms with Crippen LogP contribution in [0.3, 0.4) is 0 Å². The lowest BCUT2D eigenvalue weighted by Crippen LogP contribution is -2.12. The molecular weight excluding hydrogens is 210 g/mol. The molecule has 0 aliphatic rings. The molecule has 0 fully saturated rings. The summed E-state index contributed by atoms with van der Waals surface area (Å²) in [5.41, 5.74) is 0.252. The Hall–Kier alpha value is -1.89. The molecule has 2 aromatic heterocycles. The topological polar surface area (TPSA) is 84.3 Å². The van der Waals surface area contributed by atoms with Crippen molar-refractivity contribution in [2.75, 3.05) is 25.1 Å². The summed E-state index contributed by atoms with van der Waals surface area (Å²) < 4.78 is 6.52. The number of anilines is 1. The molecule has 0 radical (unpaired) electrons. The van der Waals surface area contributed by atoms with Gasteiger partial charge in [-0.05, 0) is 6.92 Å². The van der Waals surface area contributed by atoms with Gasteiger partial charge >= 0.3 is 5.69 Å². The van der Waals surface area contributed by atoms with E-state index < -0.39 is 0 Å². The minimum atomic E-state index is -0.289. The van der Waals surface area contributed by atoms with Crippen LogP contribution in [0.5, 0.6) is 0 Å². The monoisotopic (exact) mass is 223 g/mol. The van der Waals surface area contributed by atoms with Crippen LogP contribution in [0, 0.1) is 0 Å². The summed E-state index contributed by atoms with van der Waals surface area (Å²) >= 11 is 0. The fraction of sp³-hybridized carbons (Fsp3) is 0.444. The minimum absolute atomic E-state index is 0.289. The van der Waals surface area contributed by atoms with Crippen molar-refractivity contribution in [1.29, 1.82) is 0 Å². The van der Waals surface area contributed by atoms with Gasteiger partial charge in [0.2, 0.25) is 0 Å². The van der Waals surface area contributed by atoms with Gasteiger partial charge in [0.25, 0.3) is 0 Å². The molecule has 7 nitrogen and oxygen atoms in total. The second-order valence-corrected chi connectivity index (χ2v) is 3.15. The van der Waals surface area contributed by atoms with Crippen molar-refractivity contribution in [1.82, 2.24) is 19.6 Å². The van der Waals surface area contributed by atoms with Crippen LogP contribution in [-0.2, 0) is 4.74 Å². The van der Waals surface area contributed by atoms with Gasteiger partial charge in [0.15, 0.2) is 5.65 Å². The number of hydrogen-bond donors (Lipinski definition) is 2. The summed E-state index contributed by atoms with van der Waals surface area (Å²) in [6.45, 7) is 3.94. The Kier molecular flexibility index (Phi) is 3.16. The van der Waals surface area contributed by atoms with Crippen molar-refractivity contribution in [3.8, 4) is 0 Å². The number of nitrogens with zero attached hydrogens (tertiary/aromatic N) is 3. The molecule has 0 saturated carbocycles. The molecule has 16 heavy (non-hydrogen) atoms. The molecule has 86 valence electrons. The van der Waals surface area contributed by atoms with E-state index in [0.717, 1.165) is 0 Å². The molecule has 0 bridgehead atoms. The highest BCUT2D eigenvalue weighted by molar-refractivity contribution is 5.48. The van der Waals surface area contributed by atoms with Gasteiger partial charge in [-0.25, -0.2) is 19.3 Å². The molecule has 0 saturated heterocycles. The Morgan fingerprint density at radius 1 is 1.62 bits per heavy atom. The number of ether oxygens (including phenoxy) is 1. The van der Waals surface area contributed by atoms with Gasteiger partial charge in [-0.15, -0.1) is 0 Å². The van der Waals surface area contributed by atoms with E-state index in [4.69, 9.17) is 4.74 Å². The van der Waals surface area contributed by atoms with E-state index in [2.05, 4.69) is 20.5 Å².